The van der Waals surface area contributed by atoms with Gasteiger partial charge in [-0.25, -0.2) is 13.4 Å². The van der Waals surface area contributed by atoms with Gasteiger partial charge in [-0.1, -0.05) is 32.9 Å². The number of carbonyl (C=O) groups is 1. The zero-order valence-corrected chi connectivity index (χ0v) is 16.3. The lowest BCUT2D eigenvalue weighted by Gasteiger charge is -2.25. The molecule has 1 unspecified atom stereocenters. The molecule has 0 fully saturated rings. The summed E-state index contributed by atoms with van der Waals surface area (Å²) in [7, 11) is -0.393. The second kappa shape index (κ2) is 8.94. The number of hydrogen-bond acceptors (Lipinski definition) is 3. The van der Waals surface area contributed by atoms with E-state index in [1.165, 1.54) is 24.8 Å². The molecule has 0 aliphatic carbocycles. The van der Waals surface area contributed by atoms with E-state index in [4.69, 9.17) is 0 Å². The van der Waals surface area contributed by atoms with Crippen molar-refractivity contribution in [2.75, 3.05) is 18.0 Å². The van der Waals surface area contributed by atoms with Crippen molar-refractivity contribution in [3.05, 3.63) is 59.4 Å². The van der Waals surface area contributed by atoms with Crippen LogP contribution in [0.2, 0.25) is 0 Å². The molecule has 26 heavy (non-hydrogen) atoms. The predicted octanol–water partition coefficient (Wildman–Crippen LogP) is 4.36. The SMILES string of the molecule is CCc1ccc(N(CC(C)C)S(=O)c2ccc(F)c(C(=O)OC)c2)cc1. The first-order valence-corrected chi connectivity index (χ1v) is 9.64. The molecule has 0 heterocycles. The highest BCUT2D eigenvalue weighted by Gasteiger charge is 2.21. The van der Waals surface area contributed by atoms with E-state index >= 15 is 0 Å². The van der Waals surface area contributed by atoms with E-state index in [0.29, 0.717) is 11.4 Å². The molecule has 4 nitrogen and oxygen atoms in total. The summed E-state index contributed by atoms with van der Waals surface area (Å²) in [6.45, 7) is 6.71. The lowest BCUT2D eigenvalue weighted by molar-refractivity contribution is 0.0595. The van der Waals surface area contributed by atoms with Gasteiger partial charge in [-0.2, -0.15) is 0 Å². The van der Waals surface area contributed by atoms with Crippen molar-refractivity contribution in [3.8, 4) is 0 Å². The van der Waals surface area contributed by atoms with Gasteiger partial charge in [0.2, 0.25) is 0 Å². The first-order chi connectivity index (χ1) is 12.4. The Balaban J connectivity index is 2.41. The fraction of sp³-hybridized carbons (Fsp3) is 0.350. The topological polar surface area (TPSA) is 46.6 Å². The molecule has 140 valence electrons. The van der Waals surface area contributed by atoms with Crippen molar-refractivity contribution < 1.29 is 18.1 Å². The van der Waals surface area contributed by atoms with Gasteiger partial charge in [-0.05, 0) is 48.2 Å². The van der Waals surface area contributed by atoms with Crippen LogP contribution in [0, 0.1) is 11.7 Å². The number of aryl methyl sites for hydroxylation is 1. The number of halogens is 1. The monoisotopic (exact) mass is 377 g/mol. The molecule has 2 rings (SSSR count). The van der Waals surface area contributed by atoms with Crippen molar-refractivity contribution in [1.82, 2.24) is 0 Å². The van der Waals surface area contributed by atoms with Crippen molar-refractivity contribution >= 4 is 22.6 Å². The Bertz CT molecular complexity index is 790. The normalized spacial score (nSPS) is 12.1. The van der Waals surface area contributed by atoms with Crippen LogP contribution in [0.3, 0.4) is 0 Å². The van der Waals surface area contributed by atoms with E-state index in [9.17, 15) is 13.4 Å². The minimum absolute atomic E-state index is 0.218. The summed E-state index contributed by atoms with van der Waals surface area (Å²) in [5.74, 6) is -1.21. The number of esters is 1. The van der Waals surface area contributed by atoms with Crippen molar-refractivity contribution in [2.45, 2.75) is 32.1 Å². The van der Waals surface area contributed by atoms with Crippen molar-refractivity contribution in [3.63, 3.8) is 0 Å². The standard InChI is InChI=1S/C20H24FNO3S/c1-5-15-6-8-16(9-7-15)22(13-14(2)3)26(24)17-10-11-19(21)18(12-17)20(23)25-4/h6-12,14H,5,13H2,1-4H3. The van der Waals surface area contributed by atoms with Crippen LogP contribution in [0.15, 0.2) is 47.4 Å². The molecule has 0 N–H and O–H groups in total. The summed E-state index contributed by atoms with van der Waals surface area (Å²) in [4.78, 5) is 12.1. The summed E-state index contributed by atoms with van der Waals surface area (Å²) < 4.78 is 33.4. The van der Waals surface area contributed by atoms with Gasteiger partial charge in [0.1, 0.15) is 5.82 Å². The molecule has 0 amide bonds. The summed E-state index contributed by atoms with van der Waals surface area (Å²) in [5.41, 5.74) is 1.79. The van der Waals surface area contributed by atoms with Crippen LogP contribution in [0.25, 0.3) is 0 Å². The first-order valence-electron chi connectivity index (χ1n) is 8.53. The van der Waals surface area contributed by atoms with Crippen LogP contribution < -0.4 is 4.31 Å². The quantitative estimate of drug-likeness (QED) is 0.674. The molecular formula is C20H24FNO3S. The molecule has 2 aromatic rings. The molecule has 0 aliphatic heterocycles. The highest BCUT2D eigenvalue weighted by Crippen LogP contribution is 2.24. The molecule has 0 aliphatic rings. The molecule has 1 atom stereocenters. The third-order valence-electron chi connectivity index (χ3n) is 3.91. The summed E-state index contributed by atoms with van der Waals surface area (Å²) in [6, 6.07) is 11.8. The summed E-state index contributed by atoms with van der Waals surface area (Å²) in [6.07, 6.45) is 0.925. The molecule has 0 aromatic heterocycles. The minimum Gasteiger partial charge on any atom is -0.465 e. The highest BCUT2D eigenvalue weighted by molar-refractivity contribution is 7.86. The van der Waals surface area contributed by atoms with Gasteiger partial charge in [0.15, 0.2) is 11.0 Å². The van der Waals surface area contributed by atoms with E-state index in [2.05, 4.69) is 11.7 Å². The van der Waals surface area contributed by atoms with E-state index in [-0.39, 0.29) is 11.5 Å². The van der Waals surface area contributed by atoms with Gasteiger partial charge < -0.3 is 4.74 Å². The Morgan fingerprint density at radius 2 is 1.85 bits per heavy atom. The zero-order valence-electron chi connectivity index (χ0n) is 15.5. The number of methoxy groups -OCH3 is 1. The first kappa shape index (κ1) is 20.1. The smallest absolute Gasteiger partial charge is 0.340 e. The lowest BCUT2D eigenvalue weighted by atomic mass is 10.1. The van der Waals surface area contributed by atoms with E-state index < -0.39 is 22.8 Å². The Morgan fingerprint density at radius 3 is 2.38 bits per heavy atom. The Morgan fingerprint density at radius 1 is 1.19 bits per heavy atom. The maximum atomic E-state index is 13.9. The fourth-order valence-electron chi connectivity index (χ4n) is 2.51. The fourth-order valence-corrected chi connectivity index (χ4v) is 3.91. The van der Waals surface area contributed by atoms with Crippen LogP contribution in [-0.2, 0) is 22.1 Å². The van der Waals surface area contributed by atoms with Gasteiger partial charge >= 0.3 is 5.97 Å². The Labute approximate surface area is 156 Å². The van der Waals surface area contributed by atoms with Gasteiger partial charge in [-0.15, -0.1) is 0 Å². The Hall–Kier alpha value is -2.21. The number of hydrogen-bond donors (Lipinski definition) is 0. The van der Waals surface area contributed by atoms with E-state index in [1.54, 1.807) is 4.31 Å². The van der Waals surface area contributed by atoms with Crippen LogP contribution in [0.4, 0.5) is 10.1 Å². The van der Waals surface area contributed by atoms with Gasteiger partial charge in [0.05, 0.1) is 17.6 Å². The minimum atomic E-state index is -1.58. The third kappa shape index (κ3) is 4.69. The Kier molecular flexibility index (Phi) is 6.91. The average Bonchev–Trinajstić information content (AvgIpc) is 2.65. The number of ether oxygens (including phenoxy) is 1. The van der Waals surface area contributed by atoms with Crippen molar-refractivity contribution in [2.24, 2.45) is 5.92 Å². The molecule has 0 radical (unpaired) electrons. The van der Waals surface area contributed by atoms with Gasteiger partial charge in [0.25, 0.3) is 0 Å². The largest absolute Gasteiger partial charge is 0.465 e. The average molecular weight is 377 g/mol. The van der Waals surface area contributed by atoms with Crippen LogP contribution in [0.1, 0.15) is 36.7 Å². The molecule has 0 bridgehead atoms. The predicted molar refractivity (Wildman–Crippen MR) is 102 cm³/mol. The maximum Gasteiger partial charge on any atom is 0.340 e. The van der Waals surface area contributed by atoms with Crippen molar-refractivity contribution in [1.29, 1.82) is 0 Å². The second-order valence-corrected chi connectivity index (χ2v) is 7.77. The summed E-state index contributed by atoms with van der Waals surface area (Å²) in [5, 5.41) is 0. The zero-order chi connectivity index (χ0) is 19.3. The van der Waals surface area contributed by atoms with Gasteiger partial charge in [-0.3, -0.25) is 4.31 Å². The molecule has 6 heteroatoms. The van der Waals surface area contributed by atoms with Crippen LogP contribution >= 0.6 is 0 Å². The van der Waals surface area contributed by atoms with E-state index in [1.807, 2.05) is 38.1 Å². The second-order valence-electron chi connectivity index (χ2n) is 6.36. The number of nitrogens with zero attached hydrogens (tertiary/aromatic N) is 1. The van der Waals surface area contributed by atoms with Gasteiger partial charge in [0, 0.05) is 12.2 Å². The maximum absolute atomic E-state index is 13.9. The molecular weight excluding hydrogens is 353 g/mol. The van der Waals surface area contributed by atoms with Crippen LogP contribution in [-0.4, -0.2) is 23.8 Å². The highest BCUT2D eigenvalue weighted by atomic mass is 32.2. The van der Waals surface area contributed by atoms with E-state index in [0.717, 1.165) is 18.2 Å². The third-order valence-corrected chi connectivity index (χ3v) is 5.33. The number of rotatable bonds is 7. The van der Waals surface area contributed by atoms with Crippen LogP contribution in [0.5, 0.6) is 0 Å². The number of anilines is 1. The molecule has 2 aromatic carbocycles. The number of carbonyl (C=O) groups excluding carboxylic acids is 1. The molecule has 0 saturated heterocycles. The number of benzene rings is 2. The lowest BCUT2D eigenvalue weighted by Crippen LogP contribution is -2.30. The molecule has 0 saturated carbocycles. The summed E-state index contributed by atoms with van der Waals surface area (Å²) >= 11 is 0. The molecule has 0 spiro atoms.